The molecule has 0 atom stereocenters. The fourth-order valence-electron chi connectivity index (χ4n) is 2.12. The molecule has 0 spiro atoms. The molecule has 0 aromatic heterocycles. The van der Waals surface area contributed by atoms with Crippen LogP contribution < -0.4 is 5.32 Å². The highest BCUT2D eigenvalue weighted by molar-refractivity contribution is 7.98. The molecule has 1 N–H and O–H groups in total. The van der Waals surface area contributed by atoms with Crippen LogP contribution in [0.5, 0.6) is 0 Å². The third-order valence-electron chi connectivity index (χ3n) is 3.49. The van der Waals surface area contributed by atoms with Gasteiger partial charge in [0.25, 0.3) is 0 Å². The highest BCUT2D eigenvalue weighted by atomic mass is 32.2. The van der Waals surface area contributed by atoms with Gasteiger partial charge in [0.15, 0.2) is 0 Å². The van der Waals surface area contributed by atoms with E-state index in [0.717, 1.165) is 14.1 Å². The summed E-state index contributed by atoms with van der Waals surface area (Å²) in [6.07, 6.45) is 3.87. The highest BCUT2D eigenvalue weighted by Crippen LogP contribution is 2.21. The Bertz CT molecular complexity index is 836. The molecule has 8 heteroatoms. The minimum atomic E-state index is -3.71. The molecule has 0 saturated carbocycles. The van der Waals surface area contributed by atoms with Gasteiger partial charge in [-0.15, -0.1) is 23.5 Å². The maximum atomic E-state index is 12.6. The van der Waals surface area contributed by atoms with E-state index < -0.39 is 10.0 Å². The average Bonchev–Trinajstić information content (AvgIpc) is 2.61. The first-order chi connectivity index (χ1) is 11.9. The standard InChI is InChI=1S/C17H20N2O3S3/c1-19(25(21,22)16-9-7-14(23-2)8-10-16)12-17(20)18-13-5-4-6-15(11-13)24-3/h4-11H,12H2,1-3H3,(H,18,20). The molecule has 0 heterocycles. The van der Waals surface area contributed by atoms with Crippen molar-refractivity contribution in [3.63, 3.8) is 0 Å². The second kappa shape index (κ2) is 8.75. The molecule has 2 aromatic rings. The van der Waals surface area contributed by atoms with E-state index in [4.69, 9.17) is 0 Å². The summed E-state index contributed by atoms with van der Waals surface area (Å²) in [6.45, 7) is -0.254. The van der Waals surface area contributed by atoms with Crippen molar-refractivity contribution < 1.29 is 13.2 Å². The quantitative estimate of drug-likeness (QED) is 0.727. The van der Waals surface area contributed by atoms with Crippen molar-refractivity contribution in [2.45, 2.75) is 14.7 Å². The van der Waals surface area contributed by atoms with Gasteiger partial charge in [-0.25, -0.2) is 8.42 Å². The van der Waals surface area contributed by atoms with E-state index >= 15 is 0 Å². The molecule has 0 unspecified atom stereocenters. The van der Waals surface area contributed by atoms with Crippen LogP contribution in [0.25, 0.3) is 0 Å². The lowest BCUT2D eigenvalue weighted by Gasteiger charge is -2.17. The number of sulfonamides is 1. The summed E-state index contributed by atoms with van der Waals surface area (Å²) in [5, 5.41) is 2.73. The zero-order chi connectivity index (χ0) is 18.4. The maximum absolute atomic E-state index is 12.6. The van der Waals surface area contributed by atoms with Crippen molar-refractivity contribution in [2.75, 3.05) is 31.4 Å². The molecule has 0 fully saturated rings. The highest BCUT2D eigenvalue weighted by Gasteiger charge is 2.23. The molecule has 0 aliphatic rings. The molecular formula is C17H20N2O3S3. The summed E-state index contributed by atoms with van der Waals surface area (Å²) in [7, 11) is -2.31. The van der Waals surface area contributed by atoms with Gasteiger partial charge in [0.1, 0.15) is 0 Å². The summed E-state index contributed by atoms with van der Waals surface area (Å²) in [4.78, 5) is 14.3. The Hall–Kier alpha value is -1.48. The van der Waals surface area contributed by atoms with Gasteiger partial charge in [0.2, 0.25) is 15.9 Å². The predicted octanol–water partition coefficient (Wildman–Crippen LogP) is 3.39. The number of likely N-dealkylation sites (N-methyl/N-ethyl adjacent to an activating group) is 1. The van der Waals surface area contributed by atoms with Crippen molar-refractivity contribution >= 4 is 45.1 Å². The first-order valence-electron chi connectivity index (χ1n) is 7.41. The number of nitrogens with zero attached hydrogens (tertiary/aromatic N) is 1. The Morgan fingerprint density at radius 1 is 1.04 bits per heavy atom. The van der Waals surface area contributed by atoms with Crippen LogP contribution in [0.3, 0.4) is 0 Å². The van der Waals surface area contributed by atoms with Gasteiger partial charge in [-0.3, -0.25) is 4.79 Å². The molecule has 0 bridgehead atoms. The topological polar surface area (TPSA) is 66.5 Å². The van der Waals surface area contributed by atoms with E-state index in [1.807, 2.05) is 30.7 Å². The number of thioether (sulfide) groups is 2. The predicted molar refractivity (Wildman–Crippen MR) is 105 cm³/mol. The summed E-state index contributed by atoms with van der Waals surface area (Å²) in [5.74, 6) is -0.384. The van der Waals surface area contributed by atoms with Gasteiger partial charge in [-0.1, -0.05) is 6.07 Å². The lowest BCUT2D eigenvalue weighted by Crippen LogP contribution is -2.34. The zero-order valence-corrected chi connectivity index (χ0v) is 16.7. The van der Waals surface area contributed by atoms with Crippen LogP contribution in [-0.4, -0.2) is 44.7 Å². The average molecular weight is 397 g/mol. The van der Waals surface area contributed by atoms with Gasteiger partial charge in [-0.05, 0) is 55.0 Å². The van der Waals surface area contributed by atoms with E-state index in [1.165, 1.54) is 18.8 Å². The molecule has 134 valence electrons. The van der Waals surface area contributed by atoms with Crippen molar-refractivity contribution in [3.05, 3.63) is 48.5 Å². The summed E-state index contributed by atoms with van der Waals surface area (Å²) >= 11 is 3.11. The van der Waals surface area contributed by atoms with Gasteiger partial charge in [0, 0.05) is 22.5 Å². The number of rotatable bonds is 7. The molecule has 0 aliphatic carbocycles. The van der Waals surface area contributed by atoms with Crippen LogP contribution in [0.2, 0.25) is 0 Å². The molecule has 0 aliphatic heterocycles. The minimum Gasteiger partial charge on any atom is -0.325 e. The lowest BCUT2D eigenvalue weighted by atomic mass is 10.3. The zero-order valence-electron chi connectivity index (χ0n) is 14.2. The Balaban J connectivity index is 2.05. The Morgan fingerprint density at radius 2 is 1.68 bits per heavy atom. The fraction of sp³-hybridized carbons (Fsp3) is 0.235. The van der Waals surface area contributed by atoms with E-state index in [9.17, 15) is 13.2 Å². The molecule has 2 aromatic carbocycles. The van der Waals surface area contributed by atoms with Crippen LogP contribution in [-0.2, 0) is 14.8 Å². The summed E-state index contributed by atoms with van der Waals surface area (Å²) < 4.78 is 26.2. The van der Waals surface area contributed by atoms with Gasteiger partial charge in [-0.2, -0.15) is 4.31 Å². The summed E-state index contributed by atoms with van der Waals surface area (Å²) in [5.41, 5.74) is 0.645. The van der Waals surface area contributed by atoms with Crippen molar-refractivity contribution in [1.82, 2.24) is 4.31 Å². The molecular weight excluding hydrogens is 376 g/mol. The van der Waals surface area contributed by atoms with Gasteiger partial charge in [0.05, 0.1) is 11.4 Å². The number of hydrogen-bond acceptors (Lipinski definition) is 5. The third kappa shape index (κ3) is 5.24. The number of hydrogen-bond donors (Lipinski definition) is 1. The molecule has 25 heavy (non-hydrogen) atoms. The summed E-state index contributed by atoms with van der Waals surface area (Å²) in [6, 6.07) is 14.0. The van der Waals surface area contributed by atoms with E-state index in [0.29, 0.717) is 5.69 Å². The Kier molecular flexibility index (Phi) is 6.95. The minimum absolute atomic E-state index is 0.171. The van der Waals surface area contributed by atoms with E-state index in [1.54, 1.807) is 42.1 Å². The van der Waals surface area contributed by atoms with Crippen LogP contribution in [0.15, 0.2) is 63.2 Å². The largest absolute Gasteiger partial charge is 0.325 e. The second-order valence-corrected chi connectivity index (χ2v) is 9.02. The Labute approximate surface area is 157 Å². The van der Waals surface area contributed by atoms with E-state index in [2.05, 4.69) is 5.32 Å². The number of amides is 1. The SMILES string of the molecule is CSc1ccc(S(=O)(=O)N(C)CC(=O)Nc2cccc(SC)c2)cc1. The van der Waals surface area contributed by atoms with Crippen LogP contribution >= 0.6 is 23.5 Å². The van der Waals surface area contributed by atoms with Crippen LogP contribution in [0.1, 0.15) is 0 Å². The van der Waals surface area contributed by atoms with Crippen molar-refractivity contribution in [2.24, 2.45) is 0 Å². The smallest absolute Gasteiger partial charge is 0.243 e. The molecule has 0 radical (unpaired) electrons. The number of benzene rings is 2. The number of carbonyl (C=O) groups is 1. The second-order valence-electron chi connectivity index (χ2n) is 5.22. The third-order valence-corrected chi connectivity index (χ3v) is 6.77. The monoisotopic (exact) mass is 396 g/mol. The molecule has 5 nitrogen and oxygen atoms in total. The normalized spacial score (nSPS) is 11.5. The first kappa shape index (κ1) is 19.8. The van der Waals surface area contributed by atoms with Crippen molar-refractivity contribution in [1.29, 1.82) is 0 Å². The molecule has 0 saturated heterocycles. The van der Waals surface area contributed by atoms with Gasteiger partial charge < -0.3 is 5.32 Å². The fourth-order valence-corrected chi connectivity index (χ4v) is 4.11. The first-order valence-corrected chi connectivity index (χ1v) is 11.3. The van der Waals surface area contributed by atoms with E-state index in [-0.39, 0.29) is 17.3 Å². The molecule has 2 rings (SSSR count). The number of nitrogens with one attached hydrogen (secondary N) is 1. The lowest BCUT2D eigenvalue weighted by molar-refractivity contribution is -0.116. The molecule has 1 amide bonds. The Morgan fingerprint density at radius 3 is 2.28 bits per heavy atom. The van der Waals surface area contributed by atoms with Crippen LogP contribution in [0.4, 0.5) is 5.69 Å². The van der Waals surface area contributed by atoms with Gasteiger partial charge >= 0.3 is 0 Å². The number of anilines is 1. The van der Waals surface area contributed by atoms with Crippen LogP contribution in [0, 0.1) is 0 Å². The van der Waals surface area contributed by atoms with Crippen molar-refractivity contribution in [3.8, 4) is 0 Å². The maximum Gasteiger partial charge on any atom is 0.243 e. The number of carbonyl (C=O) groups excluding carboxylic acids is 1.